The first-order valence-corrected chi connectivity index (χ1v) is 5.13. The van der Waals surface area contributed by atoms with Gasteiger partial charge in [0.1, 0.15) is 0 Å². The molecule has 0 amide bonds. The van der Waals surface area contributed by atoms with Crippen LogP contribution in [0, 0.1) is 6.92 Å². The van der Waals surface area contributed by atoms with Crippen LogP contribution in [0.15, 0.2) is 24.4 Å². The highest BCUT2D eigenvalue weighted by Gasteiger charge is 2.09. The van der Waals surface area contributed by atoms with Gasteiger partial charge in [-0.1, -0.05) is 0 Å². The molecule has 0 aliphatic carbocycles. The average molecular weight is 215 g/mol. The molecule has 1 aromatic heterocycles. The van der Waals surface area contributed by atoms with E-state index in [0.29, 0.717) is 11.1 Å². The Morgan fingerprint density at radius 1 is 1.38 bits per heavy atom. The molecule has 1 aromatic carbocycles. The fourth-order valence-electron chi connectivity index (χ4n) is 1.78. The molecule has 1 N–H and O–H groups in total. The van der Waals surface area contributed by atoms with Gasteiger partial charge in [0.2, 0.25) is 0 Å². The summed E-state index contributed by atoms with van der Waals surface area (Å²) < 4.78 is 0. The molecule has 3 heteroatoms. The molecule has 0 radical (unpaired) electrons. The molecule has 0 bridgehead atoms. The highest BCUT2D eigenvalue weighted by Crippen LogP contribution is 2.20. The van der Waals surface area contributed by atoms with Gasteiger partial charge in [-0.05, 0) is 43.2 Å². The van der Waals surface area contributed by atoms with E-state index < -0.39 is 0 Å². The normalized spacial score (nSPS) is 10.7. The van der Waals surface area contributed by atoms with Crippen molar-refractivity contribution in [3.05, 3.63) is 41.1 Å². The number of aryl methyl sites for hydroxylation is 1. The quantitative estimate of drug-likeness (QED) is 0.781. The van der Waals surface area contributed by atoms with Gasteiger partial charge in [-0.2, -0.15) is 0 Å². The Hall–Kier alpha value is -1.74. The number of carbonyl (C=O) groups excluding carboxylic acids is 1. The van der Waals surface area contributed by atoms with Crippen molar-refractivity contribution >= 4 is 16.7 Å². The molecule has 0 saturated carbocycles. The molecule has 1 heterocycles. The third-order valence-electron chi connectivity index (χ3n) is 2.54. The van der Waals surface area contributed by atoms with Crippen LogP contribution in [0.25, 0.3) is 10.9 Å². The van der Waals surface area contributed by atoms with Gasteiger partial charge in [0, 0.05) is 17.1 Å². The minimum Gasteiger partial charge on any atom is -0.392 e. The van der Waals surface area contributed by atoms with Gasteiger partial charge in [0.25, 0.3) is 0 Å². The van der Waals surface area contributed by atoms with Crippen LogP contribution in [-0.4, -0.2) is 15.9 Å². The number of ketones is 1. The molecule has 82 valence electrons. The summed E-state index contributed by atoms with van der Waals surface area (Å²) in [5.41, 5.74) is 3.05. The Kier molecular flexibility index (Phi) is 2.71. The summed E-state index contributed by atoms with van der Waals surface area (Å²) in [7, 11) is 0. The number of benzene rings is 1. The molecular weight excluding hydrogens is 202 g/mol. The van der Waals surface area contributed by atoms with Crippen LogP contribution in [0.5, 0.6) is 0 Å². The third kappa shape index (κ3) is 1.82. The van der Waals surface area contributed by atoms with Gasteiger partial charge in [-0.25, -0.2) is 0 Å². The predicted octanol–water partition coefficient (Wildman–Crippen LogP) is 2.24. The topological polar surface area (TPSA) is 50.2 Å². The van der Waals surface area contributed by atoms with Crippen molar-refractivity contribution in [1.29, 1.82) is 0 Å². The number of aliphatic hydroxyl groups excluding tert-OH is 1. The number of Topliss-reactive ketones (excluding diaryl/α,β-unsaturated/α-hetero) is 1. The Morgan fingerprint density at radius 3 is 2.75 bits per heavy atom. The number of pyridine rings is 1. The monoisotopic (exact) mass is 215 g/mol. The van der Waals surface area contributed by atoms with E-state index in [9.17, 15) is 4.79 Å². The lowest BCUT2D eigenvalue weighted by atomic mass is 10.0. The number of hydrogen-bond acceptors (Lipinski definition) is 3. The summed E-state index contributed by atoms with van der Waals surface area (Å²) in [4.78, 5) is 15.8. The number of nitrogens with zero attached hydrogens (tertiary/aromatic N) is 1. The van der Waals surface area contributed by atoms with Crippen LogP contribution >= 0.6 is 0 Å². The summed E-state index contributed by atoms with van der Waals surface area (Å²) in [5, 5.41) is 10.0. The van der Waals surface area contributed by atoms with Gasteiger partial charge in [0.05, 0.1) is 12.1 Å². The fraction of sp³-hybridized carbons (Fsp3) is 0.231. The van der Waals surface area contributed by atoms with Gasteiger partial charge in [-0.15, -0.1) is 0 Å². The minimum atomic E-state index is -0.0653. The standard InChI is InChI=1S/C13H13NO2/c1-8-3-11-4-10(7-15)5-12(9(2)16)13(11)14-6-8/h3-6,15H,7H2,1-2H3. The number of hydrogen-bond donors (Lipinski definition) is 1. The zero-order valence-electron chi connectivity index (χ0n) is 9.32. The molecule has 0 aliphatic rings. The first-order chi connectivity index (χ1) is 7.61. The van der Waals surface area contributed by atoms with Crippen LogP contribution in [-0.2, 0) is 6.61 Å². The lowest BCUT2D eigenvalue weighted by Crippen LogP contribution is -1.98. The second-order valence-corrected chi connectivity index (χ2v) is 3.94. The first-order valence-electron chi connectivity index (χ1n) is 5.13. The van der Waals surface area contributed by atoms with Crippen molar-refractivity contribution in [2.75, 3.05) is 0 Å². The third-order valence-corrected chi connectivity index (χ3v) is 2.54. The molecular formula is C13H13NO2. The van der Waals surface area contributed by atoms with Crippen molar-refractivity contribution < 1.29 is 9.90 Å². The van der Waals surface area contributed by atoms with E-state index in [4.69, 9.17) is 5.11 Å². The van der Waals surface area contributed by atoms with E-state index in [1.165, 1.54) is 6.92 Å². The molecule has 0 atom stereocenters. The van der Waals surface area contributed by atoms with Crippen molar-refractivity contribution in [3.8, 4) is 0 Å². The molecule has 0 aliphatic heterocycles. The molecule has 3 nitrogen and oxygen atoms in total. The van der Waals surface area contributed by atoms with Crippen LogP contribution in [0.2, 0.25) is 0 Å². The highest BCUT2D eigenvalue weighted by molar-refractivity contribution is 6.05. The van der Waals surface area contributed by atoms with Crippen LogP contribution in [0.1, 0.15) is 28.4 Å². The average Bonchev–Trinajstić information content (AvgIpc) is 2.26. The Balaban J connectivity index is 2.81. The number of fused-ring (bicyclic) bond motifs is 1. The Labute approximate surface area is 93.7 Å². The summed E-state index contributed by atoms with van der Waals surface area (Å²) >= 11 is 0. The van der Waals surface area contributed by atoms with E-state index in [0.717, 1.165) is 16.5 Å². The van der Waals surface area contributed by atoms with Crippen molar-refractivity contribution in [1.82, 2.24) is 4.98 Å². The summed E-state index contributed by atoms with van der Waals surface area (Å²) in [6, 6.07) is 5.53. The second-order valence-electron chi connectivity index (χ2n) is 3.94. The molecule has 2 rings (SSSR count). The maximum absolute atomic E-state index is 11.5. The van der Waals surface area contributed by atoms with Crippen LogP contribution < -0.4 is 0 Å². The zero-order valence-corrected chi connectivity index (χ0v) is 9.32. The largest absolute Gasteiger partial charge is 0.392 e. The maximum Gasteiger partial charge on any atom is 0.162 e. The maximum atomic E-state index is 11.5. The van der Waals surface area contributed by atoms with Crippen LogP contribution in [0.4, 0.5) is 0 Å². The van der Waals surface area contributed by atoms with Gasteiger partial charge < -0.3 is 5.11 Å². The summed E-state index contributed by atoms with van der Waals surface area (Å²) in [6.45, 7) is 3.40. The molecule has 0 spiro atoms. The van der Waals surface area contributed by atoms with Crippen molar-refractivity contribution in [2.45, 2.75) is 20.5 Å². The summed E-state index contributed by atoms with van der Waals surface area (Å²) in [6.07, 6.45) is 1.74. The van der Waals surface area contributed by atoms with Gasteiger partial charge in [0.15, 0.2) is 5.78 Å². The lowest BCUT2D eigenvalue weighted by molar-refractivity contribution is 0.101. The molecule has 2 aromatic rings. The second kappa shape index (κ2) is 4.02. The zero-order chi connectivity index (χ0) is 11.7. The SMILES string of the molecule is CC(=O)c1cc(CO)cc2cc(C)cnc12. The molecule has 0 fully saturated rings. The fourth-order valence-corrected chi connectivity index (χ4v) is 1.78. The van der Waals surface area contributed by atoms with Crippen molar-refractivity contribution in [2.24, 2.45) is 0 Å². The van der Waals surface area contributed by atoms with E-state index in [-0.39, 0.29) is 12.4 Å². The molecule has 16 heavy (non-hydrogen) atoms. The molecule has 0 saturated heterocycles. The lowest BCUT2D eigenvalue weighted by Gasteiger charge is -2.06. The van der Waals surface area contributed by atoms with Crippen molar-refractivity contribution in [3.63, 3.8) is 0 Å². The number of carbonyl (C=O) groups is 1. The Morgan fingerprint density at radius 2 is 2.12 bits per heavy atom. The smallest absolute Gasteiger partial charge is 0.162 e. The van der Waals surface area contributed by atoms with Gasteiger partial charge >= 0.3 is 0 Å². The minimum absolute atomic E-state index is 0.0309. The highest BCUT2D eigenvalue weighted by atomic mass is 16.3. The van der Waals surface area contributed by atoms with Gasteiger partial charge in [-0.3, -0.25) is 9.78 Å². The number of aromatic nitrogens is 1. The predicted molar refractivity (Wildman–Crippen MR) is 62.4 cm³/mol. The first kappa shape index (κ1) is 10.8. The van der Waals surface area contributed by atoms with E-state index in [1.807, 2.05) is 19.1 Å². The number of aliphatic hydroxyl groups is 1. The van der Waals surface area contributed by atoms with Crippen LogP contribution in [0.3, 0.4) is 0 Å². The Bertz CT molecular complexity index is 561. The summed E-state index contributed by atoms with van der Waals surface area (Å²) in [5.74, 6) is -0.0309. The molecule has 0 unspecified atom stereocenters. The number of rotatable bonds is 2. The van der Waals surface area contributed by atoms with E-state index in [2.05, 4.69) is 4.98 Å². The van der Waals surface area contributed by atoms with E-state index in [1.54, 1.807) is 12.3 Å². The van der Waals surface area contributed by atoms with E-state index >= 15 is 0 Å².